The molecule has 3 rings (SSSR count). The topological polar surface area (TPSA) is 103 Å². The fourth-order valence-electron chi connectivity index (χ4n) is 4.10. The first-order chi connectivity index (χ1) is 12.6. The largest absolute Gasteiger partial charge is 0.464 e. The number of carbonyl (C=O) groups is 2. The number of fused-ring (bicyclic) bond motifs is 5. The Labute approximate surface area is 151 Å². The molecule has 0 amide bonds. The lowest BCUT2D eigenvalue weighted by Crippen LogP contribution is -2.47. The molecule has 1 saturated heterocycles. The van der Waals surface area contributed by atoms with Crippen molar-refractivity contribution in [3.63, 3.8) is 0 Å². The molecule has 1 aromatic carbocycles. The Bertz CT molecular complexity index is 745. The summed E-state index contributed by atoms with van der Waals surface area (Å²) in [7, 11) is 0. The van der Waals surface area contributed by atoms with Crippen molar-refractivity contribution in [1.82, 2.24) is 4.90 Å². The molecule has 4 atom stereocenters. The van der Waals surface area contributed by atoms with E-state index in [4.69, 9.17) is 9.47 Å². The third-order valence-electron chi connectivity index (χ3n) is 4.96. The third-order valence-corrected chi connectivity index (χ3v) is 4.96. The SMILES string of the molecule is CCOC(=O)C(C(=O)OCC)N1[C@@H]2c3ccccc3[C@H]1[C@H](C#N)[C@H]2C#N. The molecule has 2 bridgehead atoms. The van der Waals surface area contributed by atoms with Crippen molar-refractivity contribution in [3.05, 3.63) is 35.4 Å². The summed E-state index contributed by atoms with van der Waals surface area (Å²) in [6, 6.07) is 9.48. The van der Waals surface area contributed by atoms with Crippen molar-refractivity contribution >= 4 is 11.9 Å². The van der Waals surface area contributed by atoms with E-state index < -0.39 is 41.9 Å². The van der Waals surface area contributed by atoms with Gasteiger partial charge in [0.05, 0.1) is 49.3 Å². The first kappa shape index (κ1) is 17.9. The Morgan fingerprint density at radius 3 is 1.77 bits per heavy atom. The molecule has 0 radical (unpaired) electrons. The predicted molar refractivity (Wildman–Crippen MR) is 89.0 cm³/mol. The number of esters is 2. The monoisotopic (exact) mass is 353 g/mol. The smallest absolute Gasteiger partial charge is 0.335 e. The maximum atomic E-state index is 12.6. The first-order valence-electron chi connectivity index (χ1n) is 8.59. The van der Waals surface area contributed by atoms with Crippen LogP contribution in [0.15, 0.2) is 24.3 Å². The summed E-state index contributed by atoms with van der Waals surface area (Å²) in [6.45, 7) is 3.55. The maximum absolute atomic E-state index is 12.6. The third kappa shape index (κ3) is 2.53. The van der Waals surface area contributed by atoms with Crippen LogP contribution in [0.5, 0.6) is 0 Å². The summed E-state index contributed by atoms with van der Waals surface area (Å²) in [5, 5.41) is 19.3. The van der Waals surface area contributed by atoms with Crippen LogP contribution in [0, 0.1) is 34.5 Å². The molecule has 134 valence electrons. The first-order valence-corrected chi connectivity index (χ1v) is 8.59. The number of nitrogens with zero attached hydrogens (tertiary/aromatic N) is 3. The molecule has 7 nitrogen and oxygen atoms in total. The quantitative estimate of drug-likeness (QED) is 0.588. The minimum Gasteiger partial charge on any atom is -0.464 e. The van der Waals surface area contributed by atoms with Gasteiger partial charge >= 0.3 is 11.9 Å². The highest BCUT2D eigenvalue weighted by Gasteiger charge is 2.61. The molecule has 1 aromatic rings. The number of nitriles is 2. The van der Waals surface area contributed by atoms with Gasteiger partial charge in [0, 0.05) is 0 Å². The second-order valence-electron chi connectivity index (χ2n) is 6.18. The van der Waals surface area contributed by atoms with Gasteiger partial charge in [0.15, 0.2) is 0 Å². The second-order valence-corrected chi connectivity index (χ2v) is 6.18. The zero-order valence-corrected chi connectivity index (χ0v) is 14.6. The minimum atomic E-state index is -1.30. The molecule has 7 heteroatoms. The van der Waals surface area contributed by atoms with Gasteiger partial charge in [-0.05, 0) is 25.0 Å². The van der Waals surface area contributed by atoms with Gasteiger partial charge in [-0.15, -0.1) is 0 Å². The number of hydrogen-bond donors (Lipinski definition) is 0. The second kappa shape index (κ2) is 7.15. The van der Waals surface area contributed by atoms with Crippen molar-refractivity contribution in [2.24, 2.45) is 11.8 Å². The molecule has 0 aliphatic carbocycles. The molecule has 0 saturated carbocycles. The van der Waals surface area contributed by atoms with Crippen LogP contribution in [0.3, 0.4) is 0 Å². The number of ether oxygens (including phenoxy) is 2. The summed E-state index contributed by atoms with van der Waals surface area (Å²) in [5.41, 5.74) is 1.74. The van der Waals surface area contributed by atoms with E-state index in [2.05, 4.69) is 12.1 Å². The fraction of sp³-hybridized carbons (Fsp3) is 0.474. The van der Waals surface area contributed by atoms with E-state index in [1.165, 1.54) is 0 Å². The van der Waals surface area contributed by atoms with Gasteiger partial charge in [0.25, 0.3) is 0 Å². The predicted octanol–water partition coefficient (Wildman–Crippen LogP) is 1.87. The normalized spacial score (nSPS) is 26.0. The van der Waals surface area contributed by atoms with E-state index in [0.717, 1.165) is 11.1 Å². The van der Waals surface area contributed by atoms with E-state index in [9.17, 15) is 20.1 Å². The van der Waals surface area contributed by atoms with Gasteiger partial charge in [-0.3, -0.25) is 4.90 Å². The van der Waals surface area contributed by atoms with Crippen molar-refractivity contribution in [2.45, 2.75) is 32.0 Å². The van der Waals surface area contributed by atoms with Crippen LogP contribution in [0.25, 0.3) is 0 Å². The van der Waals surface area contributed by atoms with Gasteiger partial charge in [0.2, 0.25) is 6.04 Å². The molecule has 2 aliphatic heterocycles. The highest BCUT2D eigenvalue weighted by molar-refractivity contribution is 5.99. The highest BCUT2D eigenvalue weighted by Crippen LogP contribution is 2.59. The Kier molecular flexibility index (Phi) is 4.92. The van der Waals surface area contributed by atoms with Gasteiger partial charge in [0.1, 0.15) is 0 Å². The van der Waals surface area contributed by atoms with Crippen LogP contribution in [-0.4, -0.2) is 36.1 Å². The number of rotatable bonds is 5. The highest BCUT2D eigenvalue weighted by atomic mass is 16.6. The van der Waals surface area contributed by atoms with E-state index >= 15 is 0 Å². The molecule has 0 aromatic heterocycles. The molecular formula is C19H19N3O4. The van der Waals surface area contributed by atoms with E-state index in [-0.39, 0.29) is 13.2 Å². The van der Waals surface area contributed by atoms with Crippen LogP contribution >= 0.6 is 0 Å². The van der Waals surface area contributed by atoms with Crippen molar-refractivity contribution in [3.8, 4) is 12.1 Å². The Morgan fingerprint density at radius 2 is 1.42 bits per heavy atom. The molecule has 0 unspecified atom stereocenters. The van der Waals surface area contributed by atoms with E-state index in [0.29, 0.717) is 0 Å². The van der Waals surface area contributed by atoms with Gasteiger partial charge < -0.3 is 9.47 Å². The fourth-order valence-corrected chi connectivity index (χ4v) is 4.10. The Hall–Kier alpha value is -2.90. The summed E-state index contributed by atoms with van der Waals surface area (Å²) in [6.07, 6.45) is 0. The molecule has 2 heterocycles. The van der Waals surface area contributed by atoms with Crippen LogP contribution in [0.2, 0.25) is 0 Å². The van der Waals surface area contributed by atoms with Gasteiger partial charge in [-0.25, -0.2) is 9.59 Å². The molecule has 0 spiro atoms. The van der Waals surface area contributed by atoms with Gasteiger partial charge in [-0.2, -0.15) is 10.5 Å². The number of hydrogen-bond acceptors (Lipinski definition) is 7. The van der Waals surface area contributed by atoms with Crippen molar-refractivity contribution in [2.75, 3.05) is 13.2 Å². The van der Waals surface area contributed by atoms with Crippen LogP contribution in [0.4, 0.5) is 0 Å². The van der Waals surface area contributed by atoms with E-state index in [1.54, 1.807) is 18.7 Å². The van der Waals surface area contributed by atoms with Crippen LogP contribution in [-0.2, 0) is 19.1 Å². The summed E-state index contributed by atoms with van der Waals surface area (Å²) in [4.78, 5) is 26.8. The average molecular weight is 353 g/mol. The standard InChI is InChI=1S/C19H19N3O4/c1-3-25-18(23)17(19(24)26-4-2)22-15-11-7-5-6-8-12(11)16(22)14(10-21)13(15)9-20/h5-8,13-17H,3-4H2,1-2H3/t13-,14-,15-,16+/m1/s1. The van der Waals surface area contributed by atoms with E-state index in [1.807, 2.05) is 24.3 Å². The molecule has 26 heavy (non-hydrogen) atoms. The zero-order chi connectivity index (χ0) is 18.8. The summed E-state index contributed by atoms with van der Waals surface area (Å²) in [5.74, 6) is -2.70. The lowest BCUT2D eigenvalue weighted by molar-refractivity contribution is -0.165. The maximum Gasteiger partial charge on any atom is 0.335 e. The molecule has 0 N–H and O–H groups in total. The molecular weight excluding hydrogens is 334 g/mol. The van der Waals surface area contributed by atoms with Crippen LogP contribution < -0.4 is 0 Å². The average Bonchev–Trinajstić information content (AvgIpc) is 3.12. The van der Waals surface area contributed by atoms with Crippen LogP contribution in [0.1, 0.15) is 37.1 Å². The lowest BCUT2D eigenvalue weighted by Gasteiger charge is -2.29. The molecule has 1 fully saturated rings. The Balaban J connectivity index is 2.11. The van der Waals surface area contributed by atoms with Gasteiger partial charge in [-0.1, -0.05) is 24.3 Å². The number of carbonyl (C=O) groups excluding carboxylic acids is 2. The summed E-state index contributed by atoms with van der Waals surface area (Å²) < 4.78 is 10.2. The van der Waals surface area contributed by atoms with Crippen molar-refractivity contribution < 1.29 is 19.1 Å². The number of benzene rings is 1. The summed E-state index contributed by atoms with van der Waals surface area (Å²) >= 11 is 0. The minimum absolute atomic E-state index is 0.119. The molecule has 2 aliphatic rings. The van der Waals surface area contributed by atoms with Crippen molar-refractivity contribution in [1.29, 1.82) is 10.5 Å². The zero-order valence-electron chi connectivity index (χ0n) is 14.6. The Morgan fingerprint density at radius 1 is 1.00 bits per heavy atom. The lowest BCUT2D eigenvalue weighted by atomic mass is 9.77.